The van der Waals surface area contributed by atoms with Crippen LogP contribution < -0.4 is 10.8 Å². The number of thioether (sulfide) groups is 1. The molecule has 1 heterocycles. The first-order valence-electron chi connectivity index (χ1n) is 10.3. The summed E-state index contributed by atoms with van der Waals surface area (Å²) >= 11 is 1.45. The number of benzene rings is 1. The number of rotatable bonds is 14. The molecule has 8 nitrogen and oxygen atoms in total. The fourth-order valence-corrected chi connectivity index (χ4v) is 5.65. The Labute approximate surface area is 182 Å². The highest BCUT2D eigenvalue weighted by atomic mass is 32.2. The van der Waals surface area contributed by atoms with Crippen molar-refractivity contribution in [2.24, 2.45) is 5.73 Å². The standard InChI is InChI=1S/C20H32N3O5PS/c21-12-8-3-1-2-4-9-13-28-29(27)22-17-15-30-20(16-10-6-5-7-11-16)23(19(17)26)14-18(24)25/h5-7,10-11,17,20,29H,1-4,8-9,12-15,21H2,(H,22,27)(H,24,25). The zero-order valence-corrected chi connectivity index (χ0v) is 18.9. The summed E-state index contributed by atoms with van der Waals surface area (Å²) in [5.74, 6) is -1.05. The largest absolute Gasteiger partial charge is 0.480 e. The third-order valence-electron chi connectivity index (χ3n) is 4.80. The molecule has 4 N–H and O–H groups in total. The number of carbonyl (C=O) groups excluding carboxylic acids is 1. The van der Waals surface area contributed by atoms with Crippen LogP contribution in [0.4, 0.5) is 0 Å². The molecule has 2 rings (SSSR count). The van der Waals surface area contributed by atoms with Crippen molar-refractivity contribution in [3.8, 4) is 0 Å². The average molecular weight is 458 g/mol. The number of nitrogens with one attached hydrogen (secondary N) is 1. The first-order valence-corrected chi connectivity index (χ1v) is 12.7. The molecule has 0 radical (unpaired) electrons. The third kappa shape index (κ3) is 8.40. The summed E-state index contributed by atoms with van der Waals surface area (Å²) in [5, 5.41) is 11.6. The summed E-state index contributed by atoms with van der Waals surface area (Å²) in [7, 11) is -2.58. The van der Waals surface area contributed by atoms with Crippen molar-refractivity contribution in [3.63, 3.8) is 0 Å². The normalized spacial score (nSPS) is 20.3. The van der Waals surface area contributed by atoms with Gasteiger partial charge in [-0.3, -0.25) is 14.2 Å². The van der Waals surface area contributed by atoms with Crippen molar-refractivity contribution in [1.82, 2.24) is 9.99 Å². The maximum absolute atomic E-state index is 12.9. The van der Waals surface area contributed by atoms with Crippen LogP contribution in [-0.4, -0.2) is 53.4 Å². The Morgan fingerprint density at radius 3 is 2.53 bits per heavy atom. The summed E-state index contributed by atoms with van der Waals surface area (Å²) in [6.07, 6.45) is 6.23. The van der Waals surface area contributed by atoms with Gasteiger partial charge >= 0.3 is 5.97 Å². The lowest BCUT2D eigenvalue weighted by atomic mass is 10.1. The van der Waals surface area contributed by atoms with Crippen LogP contribution in [-0.2, 0) is 18.7 Å². The Bertz CT molecular complexity index is 694. The van der Waals surface area contributed by atoms with Gasteiger partial charge in [-0.25, -0.2) is 5.09 Å². The minimum absolute atomic E-state index is 0.369. The Morgan fingerprint density at radius 1 is 1.20 bits per heavy atom. The Morgan fingerprint density at radius 2 is 1.87 bits per heavy atom. The number of carboxylic acid groups (broad SMARTS) is 1. The van der Waals surface area contributed by atoms with Crippen molar-refractivity contribution in [2.75, 3.05) is 25.4 Å². The molecule has 1 aromatic rings. The van der Waals surface area contributed by atoms with Gasteiger partial charge in [0, 0.05) is 5.75 Å². The highest BCUT2D eigenvalue weighted by Crippen LogP contribution is 2.38. The molecule has 168 valence electrons. The first kappa shape index (κ1) is 24.9. The predicted octanol–water partition coefficient (Wildman–Crippen LogP) is 3.01. The van der Waals surface area contributed by atoms with Crippen LogP contribution in [0, 0.1) is 0 Å². The molecule has 1 amide bonds. The molecule has 0 aliphatic carbocycles. The molecule has 0 spiro atoms. The quantitative estimate of drug-likeness (QED) is 0.288. The molecule has 1 fully saturated rings. The lowest BCUT2D eigenvalue weighted by molar-refractivity contribution is -0.145. The maximum Gasteiger partial charge on any atom is 0.323 e. The van der Waals surface area contributed by atoms with Crippen molar-refractivity contribution < 1.29 is 23.8 Å². The second-order valence-corrected chi connectivity index (χ2v) is 9.46. The van der Waals surface area contributed by atoms with E-state index in [1.165, 1.54) is 16.7 Å². The Balaban J connectivity index is 1.80. The fraction of sp³-hybridized carbons (Fsp3) is 0.600. The SMILES string of the molecule is NCCCCCCCCO[PH](=O)NC1CSC(c2ccccc2)N(CC(=O)O)C1=O. The molecule has 3 unspecified atom stereocenters. The molecule has 0 aromatic heterocycles. The number of carbonyl (C=O) groups is 2. The molecular weight excluding hydrogens is 425 g/mol. The van der Waals surface area contributed by atoms with E-state index in [2.05, 4.69) is 5.09 Å². The number of aliphatic carboxylic acids is 1. The summed E-state index contributed by atoms with van der Waals surface area (Å²) in [6.45, 7) is 0.696. The molecule has 1 aliphatic rings. The molecule has 1 saturated heterocycles. The van der Waals surface area contributed by atoms with Crippen LogP contribution in [0.15, 0.2) is 30.3 Å². The van der Waals surface area contributed by atoms with Gasteiger partial charge in [0.15, 0.2) is 0 Å². The summed E-state index contributed by atoms with van der Waals surface area (Å²) in [6, 6.07) is 8.60. The number of carboxylic acids is 1. The van der Waals surface area contributed by atoms with Gasteiger partial charge in [0.25, 0.3) is 8.18 Å². The van der Waals surface area contributed by atoms with Crippen LogP contribution >= 0.6 is 19.9 Å². The van der Waals surface area contributed by atoms with Gasteiger partial charge in [0.2, 0.25) is 5.91 Å². The van der Waals surface area contributed by atoms with Crippen LogP contribution in [0.3, 0.4) is 0 Å². The van der Waals surface area contributed by atoms with E-state index in [0.29, 0.717) is 12.4 Å². The van der Waals surface area contributed by atoms with Crippen molar-refractivity contribution in [1.29, 1.82) is 0 Å². The molecule has 30 heavy (non-hydrogen) atoms. The second-order valence-electron chi connectivity index (χ2n) is 7.20. The number of amides is 1. The second kappa shape index (κ2) is 13.8. The molecule has 0 saturated carbocycles. The van der Waals surface area contributed by atoms with Crippen LogP contribution in [0.1, 0.15) is 49.5 Å². The lowest BCUT2D eigenvalue weighted by Gasteiger charge is -2.38. The highest BCUT2D eigenvalue weighted by molar-refractivity contribution is 7.99. The number of unbranched alkanes of at least 4 members (excludes halogenated alkanes) is 5. The van der Waals surface area contributed by atoms with Crippen molar-refractivity contribution in [2.45, 2.75) is 49.9 Å². The van der Waals surface area contributed by atoms with Crippen molar-refractivity contribution in [3.05, 3.63) is 35.9 Å². The predicted molar refractivity (Wildman–Crippen MR) is 120 cm³/mol. The van der Waals surface area contributed by atoms with E-state index in [-0.39, 0.29) is 11.3 Å². The first-order chi connectivity index (χ1) is 14.5. The number of nitrogens with two attached hydrogens (primary N) is 1. The minimum Gasteiger partial charge on any atom is -0.480 e. The number of hydrogen-bond donors (Lipinski definition) is 3. The molecule has 0 bridgehead atoms. The molecular formula is C20H32N3O5PS. The Kier molecular flexibility index (Phi) is 11.5. The highest BCUT2D eigenvalue weighted by Gasteiger charge is 2.38. The van der Waals surface area contributed by atoms with Crippen LogP contribution in [0.2, 0.25) is 0 Å². The van der Waals surface area contributed by atoms with E-state index >= 15 is 0 Å². The monoisotopic (exact) mass is 457 g/mol. The maximum atomic E-state index is 12.9. The van der Waals surface area contributed by atoms with Gasteiger partial charge in [-0.05, 0) is 24.9 Å². The van der Waals surface area contributed by atoms with E-state index in [1.54, 1.807) is 0 Å². The smallest absolute Gasteiger partial charge is 0.323 e. The van der Waals surface area contributed by atoms with Gasteiger partial charge in [-0.15, -0.1) is 11.8 Å². The number of hydrogen-bond acceptors (Lipinski definition) is 6. The topological polar surface area (TPSA) is 122 Å². The van der Waals surface area contributed by atoms with Gasteiger partial charge in [-0.2, -0.15) is 0 Å². The lowest BCUT2D eigenvalue weighted by Crippen LogP contribution is -2.52. The van der Waals surface area contributed by atoms with Crippen LogP contribution in [0.25, 0.3) is 0 Å². The van der Waals surface area contributed by atoms with E-state index in [0.717, 1.165) is 50.6 Å². The fourth-order valence-electron chi connectivity index (χ4n) is 3.27. The molecule has 1 aromatic carbocycles. The van der Waals surface area contributed by atoms with E-state index in [4.69, 9.17) is 10.3 Å². The Hall–Kier alpha value is -1.38. The van der Waals surface area contributed by atoms with Crippen molar-refractivity contribution >= 4 is 31.8 Å². The average Bonchev–Trinajstić information content (AvgIpc) is 2.73. The summed E-state index contributed by atoms with van der Waals surface area (Å²) in [5.41, 5.74) is 6.33. The summed E-state index contributed by atoms with van der Waals surface area (Å²) in [4.78, 5) is 25.5. The molecule has 10 heteroatoms. The summed E-state index contributed by atoms with van der Waals surface area (Å²) < 4.78 is 17.6. The molecule has 1 aliphatic heterocycles. The van der Waals surface area contributed by atoms with Gasteiger partial charge in [-0.1, -0.05) is 56.0 Å². The minimum atomic E-state index is -2.58. The van der Waals surface area contributed by atoms with Gasteiger partial charge < -0.3 is 20.3 Å². The van der Waals surface area contributed by atoms with Crippen LogP contribution in [0.5, 0.6) is 0 Å². The van der Waals surface area contributed by atoms with Gasteiger partial charge in [0.05, 0.1) is 6.61 Å². The van der Waals surface area contributed by atoms with E-state index < -0.39 is 26.7 Å². The zero-order valence-electron chi connectivity index (χ0n) is 17.1. The molecule has 3 atom stereocenters. The van der Waals surface area contributed by atoms with Gasteiger partial charge in [0.1, 0.15) is 18.0 Å². The number of nitrogens with zero attached hydrogens (tertiary/aromatic N) is 1. The zero-order chi connectivity index (χ0) is 21.8. The van der Waals surface area contributed by atoms with E-state index in [9.17, 15) is 19.3 Å². The van der Waals surface area contributed by atoms with E-state index in [1.807, 2.05) is 30.3 Å². The third-order valence-corrected chi connectivity index (χ3v) is 7.22.